The molecular weight excluding hydrogens is 294 g/mol. The van der Waals surface area contributed by atoms with Crippen molar-refractivity contribution in [1.29, 1.82) is 0 Å². The molecule has 0 heterocycles. The second-order valence-corrected chi connectivity index (χ2v) is 6.23. The van der Waals surface area contributed by atoms with Crippen molar-refractivity contribution >= 4 is 11.9 Å². The second-order valence-electron chi connectivity index (χ2n) is 6.23. The zero-order valence-electron chi connectivity index (χ0n) is 13.8. The van der Waals surface area contributed by atoms with Crippen LogP contribution in [0.2, 0.25) is 0 Å². The van der Waals surface area contributed by atoms with E-state index in [0.29, 0.717) is 26.1 Å². The Morgan fingerprint density at radius 2 is 1.91 bits per heavy atom. The highest BCUT2D eigenvalue weighted by molar-refractivity contribution is 5.89. The van der Waals surface area contributed by atoms with Gasteiger partial charge in [0.25, 0.3) is 0 Å². The van der Waals surface area contributed by atoms with Crippen molar-refractivity contribution in [3.8, 4) is 0 Å². The number of carbonyl (C=O) groups excluding carboxylic acids is 2. The standard InChI is InChI=1S/C18H25NO4/c1-14(2)23-17(21)18(10-6-11-18)19-16(20)9-12-22-13-15-7-4-3-5-8-15/h3-5,7-8,14H,6,9-13H2,1-2H3,(H,19,20). The predicted molar refractivity (Wildman–Crippen MR) is 86.7 cm³/mol. The molecule has 1 aliphatic carbocycles. The van der Waals surface area contributed by atoms with Crippen molar-refractivity contribution in [1.82, 2.24) is 5.32 Å². The lowest BCUT2D eigenvalue weighted by molar-refractivity contribution is -0.161. The van der Waals surface area contributed by atoms with Crippen molar-refractivity contribution < 1.29 is 19.1 Å². The molecule has 1 fully saturated rings. The minimum absolute atomic E-state index is 0.168. The van der Waals surface area contributed by atoms with Gasteiger partial charge in [-0.15, -0.1) is 0 Å². The monoisotopic (exact) mass is 319 g/mol. The number of hydrogen-bond donors (Lipinski definition) is 1. The average Bonchev–Trinajstić information content (AvgIpc) is 2.47. The molecule has 0 saturated heterocycles. The number of ether oxygens (including phenoxy) is 2. The molecule has 1 aliphatic rings. The fourth-order valence-corrected chi connectivity index (χ4v) is 2.50. The van der Waals surface area contributed by atoms with Gasteiger partial charge in [0.05, 0.1) is 25.7 Å². The first kappa shape index (κ1) is 17.5. The van der Waals surface area contributed by atoms with E-state index in [1.165, 1.54) is 0 Å². The molecule has 0 aromatic heterocycles. The molecule has 1 saturated carbocycles. The van der Waals surface area contributed by atoms with Gasteiger partial charge in [-0.25, -0.2) is 4.79 Å². The van der Waals surface area contributed by atoms with Crippen molar-refractivity contribution in [2.24, 2.45) is 0 Å². The highest BCUT2D eigenvalue weighted by atomic mass is 16.5. The Morgan fingerprint density at radius 1 is 1.22 bits per heavy atom. The van der Waals surface area contributed by atoms with Gasteiger partial charge in [-0.05, 0) is 38.7 Å². The number of rotatable bonds is 8. The lowest BCUT2D eigenvalue weighted by Crippen LogP contribution is -2.60. The van der Waals surface area contributed by atoms with Crippen LogP contribution >= 0.6 is 0 Å². The molecule has 126 valence electrons. The van der Waals surface area contributed by atoms with Crippen LogP contribution in [0, 0.1) is 0 Å². The summed E-state index contributed by atoms with van der Waals surface area (Å²) in [7, 11) is 0. The highest BCUT2D eigenvalue weighted by Gasteiger charge is 2.47. The molecule has 0 bridgehead atoms. The minimum atomic E-state index is -0.819. The maximum atomic E-state index is 12.1. The van der Waals surface area contributed by atoms with E-state index < -0.39 is 5.54 Å². The van der Waals surface area contributed by atoms with E-state index in [1.54, 1.807) is 0 Å². The summed E-state index contributed by atoms with van der Waals surface area (Å²) in [6.45, 7) is 4.43. The normalized spacial score (nSPS) is 15.8. The lowest BCUT2D eigenvalue weighted by Gasteiger charge is -2.40. The molecule has 23 heavy (non-hydrogen) atoms. The SMILES string of the molecule is CC(C)OC(=O)C1(NC(=O)CCOCc2ccccc2)CCC1. The van der Waals surface area contributed by atoms with Crippen molar-refractivity contribution in [3.05, 3.63) is 35.9 Å². The zero-order chi connectivity index (χ0) is 16.7. The summed E-state index contributed by atoms with van der Waals surface area (Å²) >= 11 is 0. The topological polar surface area (TPSA) is 64.6 Å². The molecule has 1 amide bonds. The molecule has 0 radical (unpaired) electrons. The molecule has 0 aliphatic heterocycles. The van der Waals surface area contributed by atoms with Gasteiger partial charge >= 0.3 is 5.97 Å². The first-order chi connectivity index (χ1) is 11.0. The van der Waals surface area contributed by atoms with Crippen molar-refractivity contribution in [3.63, 3.8) is 0 Å². The summed E-state index contributed by atoms with van der Waals surface area (Å²) in [5.41, 5.74) is 0.254. The molecule has 5 heteroatoms. The second kappa shape index (κ2) is 8.11. The van der Waals surface area contributed by atoms with Gasteiger partial charge in [-0.2, -0.15) is 0 Å². The van der Waals surface area contributed by atoms with Gasteiger partial charge < -0.3 is 14.8 Å². The third-order valence-electron chi connectivity index (χ3n) is 3.90. The summed E-state index contributed by atoms with van der Waals surface area (Å²) in [4.78, 5) is 24.2. The third-order valence-corrected chi connectivity index (χ3v) is 3.90. The van der Waals surface area contributed by atoms with Crippen LogP contribution in [-0.4, -0.2) is 30.1 Å². The molecule has 2 rings (SSSR count). The molecule has 1 aromatic rings. The number of hydrogen-bond acceptors (Lipinski definition) is 4. The van der Waals surface area contributed by atoms with Gasteiger partial charge in [0, 0.05) is 0 Å². The van der Waals surface area contributed by atoms with Gasteiger partial charge in [-0.3, -0.25) is 4.79 Å². The van der Waals surface area contributed by atoms with Crippen LogP contribution in [-0.2, 0) is 25.7 Å². The van der Waals surface area contributed by atoms with Crippen LogP contribution < -0.4 is 5.32 Å². The van der Waals surface area contributed by atoms with E-state index in [9.17, 15) is 9.59 Å². The average molecular weight is 319 g/mol. The van der Waals surface area contributed by atoms with E-state index in [1.807, 2.05) is 44.2 Å². The third kappa shape index (κ3) is 5.06. The summed E-state index contributed by atoms with van der Waals surface area (Å²) in [6, 6.07) is 9.81. The first-order valence-electron chi connectivity index (χ1n) is 8.16. The summed E-state index contributed by atoms with van der Waals surface area (Å²) in [5.74, 6) is -0.490. The minimum Gasteiger partial charge on any atom is -0.461 e. The van der Waals surface area contributed by atoms with Crippen LogP contribution in [0.3, 0.4) is 0 Å². The quantitative estimate of drug-likeness (QED) is 0.591. The summed E-state index contributed by atoms with van der Waals surface area (Å²) < 4.78 is 10.8. The zero-order valence-corrected chi connectivity index (χ0v) is 13.8. The summed E-state index contributed by atoms with van der Waals surface area (Å²) in [6.07, 6.45) is 2.29. The number of nitrogens with one attached hydrogen (secondary N) is 1. The van der Waals surface area contributed by atoms with E-state index in [-0.39, 0.29) is 24.4 Å². The Labute approximate surface area is 137 Å². The molecule has 1 N–H and O–H groups in total. The van der Waals surface area contributed by atoms with E-state index >= 15 is 0 Å². The molecular formula is C18H25NO4. The van der Waals surface area contributed by atoms with Crippen molar-refractivity contribution in [2.45, 2.75) is 57.8 Å². The fraction of sp³-hybridized carbons (Fsp3) is 0.556. The lowest BCUT2D eigenvalue weighted by atomic mass is 9.76. The largest absolute Gasteiger partial charge is 0.461 e. The van der Waals surface area contributed by atoms with E-state index in [2.05, 4.69) is 5.32 Å². The maximum absolute atomic E-state index is 12.1. The van der Waals surface area contributed by atoms with Crippen molar-refractivity contribution in [2.75, 3.05) is 6.61 Å². The maximum Gasteiger partial charge on any atom is 0.332 e. The van der Waals surface area contributed by atoms with Gasteiger partial charge in [0.2, 0.25) is 5.91 Å². The van der Waals surface area contributed by atoms with Gasteiger partial charge in [0.15, 0.2) is 0 Å². The molecule has 1 aromatic carbocycles. The highest BCUT2D eigenvalue weighted by Crippen LogP contribution is 2.33. The summed E-state index contributed by atoms with van der Waals surface area (Å²) in [5, 5.41) is 2.84. The van der Waals surface area contributed by atoms with Crippen LogP contribution in [0.5, 0.6) is 0 Å². The smallest absolute Gasteiger partial charge is 0.332 e. The molecule has 0 spiro atoms. The van der Waals surface area contributed by atoms with Crippen LogP contribution in [0.25, 0.3) is 0 Å². The Balaban J connectivity index is 1.72. The van der Waals surface area contributed by atoms with Crippen LogP contribution in [0.15, 0.2) is 30.3 Å². The Bertz CT molecular complexity index is 523. The number of esters is 1. The first-order valence-corrected chi connectivity index (χ1v) is 8.16. The van der Waals surface area contributed by atoms with E-state index in [0.717, 1.165) is 12.0 Å². The number of benzene rings is 1. The van der Waals surface area contributed by atoms with Gasteiger partial charge in [0.1, 0.15) is 5.54 Å². The van der Waals surface area contributed by atoms with Crippen LogP contribution in [0.4, 0.5) is 0 Å². The number of amides is 1. The fourth-order valence-electron chi connectivity index (χ4n) is 2.50. The molecule has 0 atom stereocenters. The number of carbonyl (C=O) groups is 2. The Hall–Kier alpha value is -1.88. The predicted octanol–water partition coefficient (Wildman–Crippen LogP) is 2.58. The Kier molecular flexibility index (Phi) is 6.16. The Morgan fingerprint density at radius 3 is 2.48 bits per heavy atom. The van der Waals surface area contributed by atoms with Gasteiger partial charge in [-0.1, -0.05) is 30.3 Å². The van der Waals surface area contributed by atoms with Crippen LogP contribution in [0.1, 0.15) is 45.1 Å². The van der Waals surface area contributed by atoms with E-state index in [4.69, 9.17) is 9.47 Å². The molecule has 0 unspecified atom stereocenters. The molecule has 5 nitrogen and oxygen atoms in total.